The Kier molecular flexibility index (Phi) is 7.14. The molecular formula is C22H20F3NO5S. The van der Waals surface area contributed by atoms with Crippen molar-refractivity contribution in [3.8, 4) is 33.4 Å². The summed E-state index contributed by atoms with van der Waals surface area (Å²) in [5, 5.41) is 2.70. The molecule has 0 aliphatic heterocycles. The zero-order chi connectivity index (χ0) is 23.3. The average Bonchev–Trinajstić information content (AvgIpc) is 3.25. The number of hydrogen-bond donors (Lipinski definition) is 1. The van der Waals surface area contributed by atoms with E-state index in [1.807, 2.05) is 0 Å². The van der Waals surface area contributed by atoms with Crippen molar-refractivity contribution in [3.63, 3.8) is 0 Å². The average molecular weight is 467 g/mol. The SMILES string of the molecule is COc1ccc(-c2ccc(C(=O)NCc3cccc(OC(F)(F)F)c3)s2)c(OC)c1OC. The van der Waals surface area contributed by atoms with Gasteiger partial charge in [0.15, 0.2) is 11.5 Å². The minimum Gasteiger partial charge on any atom is -0.493 e. The van der Waals surface area contributed by atoms with Gasteiger partial charge in [-0.2, -0.15) is 0 Å². The lowest BCUT2D eigenvalue weighted by Crippen LogP contribution is -2.22. The molecule has 0 saturated carbocycles. The molecule has 0 atom stereocenters. The molecule has 0 radical (unpaired) electrons. The lowest BCUT2D eigenvalue weighted by atomic mass is 10.1. The fourth-order valence-corrected chi connectivity index (χ4v) is 3.97. The van der Waals surface area contributed by atoms with Gasteiger partial charge in [-0.3, -0.25) is 4.79 Å². The molecule has 10 heteroatoms. The summed E-state index contributed by atoms with van der Waals surface area (Å²) in [5.74, 6) is 0.723. The molecule has 1 heterocycles. The van der Waals surface area contributed by atoms with Crippen LogP contribution in [0.5, 0.6) is 23.0 Å². The molecule has 0 unspecified atom stereocenters. The summed E-state index contributed by atoms with van der Waals surface area (Å²) in [4.78, 5) is 13.8. The molecular weight excluding hydrogens is 447 g/mol. The molecule has 1 aromatic heterocycles. The van der Waals surface area contributed by atoms with Gasteiger partial charge in [0.25, 0.3) is 5.91 Å². The minimum atomic E-state index is -4.78. The normalized spacial score (nSPS) is 11.1. The molecule has 0 aliphatic carbocycles. The maximum Gasteiger partial charge on any atom is 0.573 e. The number of carbonyl (C=O) groups is 1. The summed E-state index contributed by atoms with van der Waals surface area (Å²) in [6.07, 6.45) is -4.78. The molecule has 32 heavy (non-hydrogen) atoms. The maximum atomic E-state index is 12.6. The second-order valence-electron chi connectivity index (χ2n) is 6.42. The van der Waals surface area contributed by atoms with Crippen LogP contribution in [0.1, 0.15) is 15.2 Å². The van der Waals surface area contributed by atoms with E-state index in [4.69, 9.17) is 14.2 Å². The van der Waals surface area contributed by atoms with E-state index in [0.29, 0.717) is 27.7 Å². The molecule has 0 fully saturated rings. The third-order valence-electron chi connectivity index (χ3n) is 4.38. The van der Waals surface area contributed by atoms with Crippen molar-refractivity contribution in [2.45, 2.75) is 12.9 Å². The Bertz CT molecular complexity index is 1100. The summed E-state index contributed by atoms with van der Waals surface area (Å²) in [6, 6.07) is 12.4. The summed E-state index contributed by atoms with van der Waals surface area (Å²) < 4.78 is 57.2. The topological polar surface area (TPSA) is 66.0 Å². The van der Waals surface area contributed by atoms with Crippen molar-refractivity contribution in [2.24, 2.45) is 0 Å². The van der Waals surface area contributed by atoms with Crippen molar-refractivity contribution in [3.05, 3.63) is 59.0 Å². The molecule has 1 amide bonds. The standard InChI is InChI=1S/C22H20F3NO5S/c1-28-16-8-7-15(19(29-2)20(16)30-3)17-9-10-18(32-17)21(27)26-12-13-5-4-6-14(11-13)31-22(23,24)25/h4-11H,12H2,1-3H3,(H,26,27). The molecule has 0 saturated heterocycles. The molecule has 1 N–H and O–H groups in total. The molecule has 2 aromatic carbocycles. The minimum absolute atomic E-state index is 0.0425. The number of hydrogen-bond acceptors (Lipinski definition) is 6. The number of carbonyl (C=O) groups excluding carboxylic acids is 1. The highest BCUT2D eigenvalue weighted by atomic mass is 32.1. The lowest BCUT2D eigenvalue weighted by molar-refractivity contribution is -0.274. The zero-order valence-electron chi connectivity index (χ0n) is 17.4. The van der Waals surface area contributed by atoms with Gasteiger partial charge in [-0.15, -0.1) is 24.5 Å². The number of nitrogens with one attached hydrogen (secondary N) is 1. The molecule has 170 valence electrons. The van der Waals surface area contributed by atoms with Gasteiger partial charge in [-0.25, -0.2) is 0 Å². The number of methoxy groups -OCH3 is 3. The first kappa shape index (κ1) is 23.3. The largest absolute Gasteiger partial charge is 0.573 e. The van der Waals surface area contributed by atoms with Crippen molar-refractivity contribution in [2.75, 3.05) is 21.3 Å². The first-order chi connectivity index (χ1) is 15.3. The van der Waals surface area contributed by atoms with E-state index in [2.05, 4.69) is 10.1 Å². The number of ether oxygens (including phenoxy) is 4. The molecule has 3 rings (SSSR count). The van der Waals surface area contributed by atoms with Gasteiger partial charge in [0, 0.05) is 17.0 Å². The highest BCUT2D eigenvalue weighted by molar-refractivity contribution is 7.17. The number of halogens is 3. The van der Waals surface area contributed by atoms with Crippen molar-refractivity contribution < 1.29 is 36.9 Å². The third-order valence-corrected chi connectivity index (χ3v) is 5.50. The van der Waals surface area contributed by atoms with Crippen LogP contribution in [-0.2, 0) is 6.54 Å². The second kappa shape index (κ2) is 9.82. The van der Waals surface area contributed by atoms with E-state index in [1.54, 1.807) is 30.3 Å². The number of amides is 1. The van der Waals surface area contributed by atoms with E-state index in [0.717, 1.165) is 10.4 Å². The van der Waals surface area contributed by atoms with Crippen LogP contribution >= 0.6 is 11.3 Å². The van der Waals surface area contributed by atoms with Gasteiger partial charge in [0.1, 0.15) is 5.75 Å². The van der Waals surface area contributed by atoms with E-state index in [-0.39, 0.29) is 18.2 Å². The number of thiophene rings is 1. The molecule has 0 bridgehead atoms. The Balaban J connectivity index is 1.74. The number of alkyl halides is 3. The Morgan fingerprint density at radius 1 is 0.969 bits per heavy atom. The zero-order valence-corrected chi connectivity index (χ0v) is 18.2. The lowest BCUT2D eigenvalue weighted by Gasteiger charge is -2.14. The van der Waals surface area contributed by atoms with E-state index in [1.165, 1.54) is 50.9 Å². The molecule has 0 aliphatic rings. The quantitative estimate of drug-likeness (QED) is 0.489. The van der Waals surface area contributed by atoms with Crippen molar-refractivity contribution >= 4 is 17.2 Å². The molecule has 0 spiro atoms. The second-order valence-corrected chi connectivity index (χ2v) is 7.51. The summed E-state index contributed by atoms with van der Waals surface area (Å²) >= 11 is 1.24. The van der Waals surface area contributed by atoms with E-state index < -0.39 is 6.36 Å². The molecule has 3 aromatic rings. The predicted octanol–water partition coefficient (Wildman–Crippen LogP) is 5.27. The highest BCUT2D eigenvalue weighted by Gasteiger charge is 2.31. The summed E-state index contributed by atoms with van der Waals surface area (Å²) in [7, 11) is 4.54. The first-order valence-corrected chi connectivity index (χ1v) is 10.1. The van der Waals surface area contributed by atoms with Gasteiger partial charge in [-0.1, -0.05) is 12.1 Å². The number of benzene rings is 2. The smallest absolute Gasteiger partial charge is 0.493 e. The van der Waals surface area contributed by atoms with Gasteiger partial charge >= 0.3 is 6.36 Å². The van der Waals surface area contributed by atoms with Crippen LogP contribution in [0.4, 0.5) is 13.2 Å². The fraction of sp³-hybridized carbons (Fsp3) is 0.227. The van der Waals surface area contributed by atoms with Gasteiger partial charge < -0.3 is 24.3 Å². The monoisotopic (exact) mass is 467 g/mol. The summed E-state index contributed by atoms with van der Waals surface area (Å²) in [6.45, 7) is 0.0425. The van der Waals surface area contributed by atoms with Gasteiger partial charge in [-0.05, 0) is 42.0 Å². The first-order valence-electron chi connectivity index (χ1n) is 9.27. The van der Waals surface area contributed by atoms with Crippen LogP contribution in [0, 0.1) is 0 Å². The fourth-order valence-electron chi connectivity index (χ4n) is 3.02. The Labute approximate surface area is 186 Å². The Morgan fingerprint density at radius 3 is 2.38 bits per heavy atom. The maximum absolute atomic E-state index is 12.6. The van der Waals surface area contributed by atoms with Crippen molar-refractivity contribution in [1.29, 1.82) is 0 Å². The highest BCUT2D eigenvalue weighted by Crippen LogP contribution is 2.45. The van der Waals surface area contributed by atoms with Crippen LogP contribution in [0.2, 0.25) is 0 Å². The van der Waals surface area contributed by atoms with Crippen LogP contribution < -0.4 is 24.3 Å². The van der Waals surface area contributed by atoms with Crippen LogP contribution in [0.25, 0.3) is 10.4 Å². The van der Waals surface area contributed by atoms with Gasteiger partial charge in [0.05, 0.1) is 26.2 Å². The van der Waals surface area contributed by atoms with E-state index in [9.17, 15) is 18.0 Å². The molecule has 6 nitrogen and oxygen atoms in total. The Hall–Kier alpha value is -3.40. The van der Waals surface area contributed by atoms with Crippen LogP contribution in [0.3, 0.4) is 0 Å². The predicted molar refractivity (Wildman–Crippen MR) is 114 cm³/mol. The third kappa shape index (κ3) is 5.44. The van der Waals surface area contributed by atoms with Crippen LogP contribution in [0.15, 0.2) is 48.5 Å². The number of rotatable bonds is 8. The van der Waals surface area contributed by atoms with Crippen LogP contribution in [-0.4, -0.2) is 33.6 Å². The van der Waals surface area contributed by atoms with Crippen molar-refractivity contribution in [1.82, 2.24) is 5.32 Å². The summed E-state index contributed by atoms with van der Waals surface area (Å²) in [5.41, 5.74) is 1.20. The van der Waals surface area contributed by atoms with Gasteiger partial charge in [0.2, 0.25) is 5.75 Å². The Morgan fingerprint density at radius 2 is 1.72 bits per heavy atom. The van der Waals surface area contributed by atoms with E-state index >= 15 is 0 Å².